The molecule has 1 aliphatic heterocycles. The van der Waals surface area contributed by atoms with Crippen molar-refractivity contribution in [2.45, 2.75) is 6.42 Å². The molecule has 2 rings (SSSR count). The molecule has 1 saturated heterocycles. The van der Waals surface area contributed by atoms with Crippen LogP contribution >= 0.6 is 0 Å². The van der Waals surface area contributed by atoms with Crippen molar-refractivity contribution in [3.05, 3.63) is 23.8 Å². The molecule has 0 saturated carbocycles. The first-order valence-corrected chi connectivity index (χ1v) is 4.18. The van der Waals surface area contributed by atoms with Gasteiger partial charge in [-0.1, -0.05) is 0 Å². The fourth-order valence-electron chi connectivity index (χ4n) is 1.39. The summed E-state index contributed by atoms with van der Waals surface area (Å²) in [7, 11) is 0. The van der Waals surface area contributed by atoms with Gasteiger partial charge in [-0.15, -0.1) is 0 Å². The topological polar surface area (TPSA) is 29.3 Å². The molecule has 70 valence electrons. The molecule has 0 bridgehead atoms. The molecule has 1 aromatic carbocycles. The molecule has 0 aliphatic carbocycles. The highest BCUT2D eigenvalue weighted by atomic mass is 19.1. The average Bonchev–Trinajstić information content (AvgIpc) is 1.95. The van der Waals surface area contributed by atoms with Crippen LogP contribution in [0.2, 0.25) is 0 Å². The van der Waals surface area contributed by atoms with Crippen LogP contribution < -0.4 is 10.6 Å². The van der Waals surface area contributed by atoms with E-state index in [2.05, 4.69) is 0 Å². The summed E-state index contributed by atoms with van der Waals surface area (Å²) in [6.07, 6.45) is 1.05. The molecule has 1 aliphatic rings. The second-order valence-corrected chi connectivity index (χ2v) is 3.16. The van der Waals surface area contributed by atoms with Gasteiger partial charge < -0.3 is 10.6 Å². The van der Waals surface area contributed by atoms with Gasteiger partial charge in [0.05, 0.1) is 11.4 Å². The van der Waals surface area contributed by atoms with Crippen LogP contribution in [0.3, 0.4) is 0 Å². The highest BCUT2D eigenvalue weighted by Gasteiger charge is 2.19. The first-order valence-electron chi connectivity index (χ1n) is 4.18. The Morgan fingerprint density at radius 2 is 1.92 bits per heavy atom. The minimum absolute atomic E-state index is 0.0427. The molecule has 1 fully saturated rings. The van der Waals surface area contributed by atoms with Gasteiger partial charge >= 0.3 is 0 Å². The lowest BCUT2D eigenvalue weighted by atomic mass is 10.1. The molecule has 4 heteroatoms. The summed E-state index contributed by atoms with van der Waals surface area (Å²) < 4.78 is 25.8. The average molecular weight is 184 g/mol. The van der Waals surface area contributed by atoms with Crippen molar-refractivity contribution in [3.8, 4) is 0 Å². The number of halogens is 2. The van der Waals surface area contributed by atoms with Gasteiger partial charge in [0.15, 0.2) is 5.82 Å². The van der Waals surface area contributed by atoms with E-state index in [0.717, 1.165) is 25.6 Å². The first-order chi connectivity index (χ1) is 6.18. The highest BCUT2D eigenvalue weighted by molar-refractivity contribution is 5.69. The molecule has 0 unspecified atom stereocenters. The Labute approximate surface area is 75.0 Å². The molecule has 0 atom stereocenters. The minimum Gasteiger partial charge on any atom is -0.395 e. The maximum atomic E-state index is 13.0. The number of nitrogen functional groups attached to an aromatic ring is 1. The number of benzene rings is 1. The van der Waals surface area contributed by atoms with Gasteiger partial charge in [-0.05, 0) is 12.5 Å². The third-order valence-corrected chi connectivity index (χ3v) is 2.27. The monoisotopic (exact) mass is 184 g/mol. The Morgan fingerprint density at radius 3 is 2.46 bits per heavy atom. The van der Waals surface area contributed by atoms with Crippen molar-refractivity contribution in [2.75, 3.05) is 23.7 Å². The van der Waals surface area contributed by atoms with E-state index in [1.54, 1.807) is 0 Å². The Kier molecular flexibility index (Phi) is 1.83. The molecule has 1 aromatic rings. The van der Waals surface area contributed by atoms with Crippen molar-refractivity contribution in [3.63, 3.8) is 0 Å². The quantitative estimate of drug-likeness (QED) is 0.674. The number of hydrogen-bond acceptors (Lipinski definition) is 2. The van der Waals surface area contributed by atoms with Crippen molar-refractivity contribution < 1.29 is 8.78 Å². The molecule has 0 radical (unpaired) electrons. The minimum atomic E-state index is -0.679. The largest absolute Gasteiger partial charge is 0.395 e. The Morgan fingerprint density at radius 1 is 1.23 bits per heavy atom. The molecular weight excluding hydrogens is 174 g/mol. The fraction of sp³-hybridized carbons (Fsp3) is 0.333. The highest BCUT2D eigenvalue weighted by Crippen LogP contribution is 2.30. The standard InChI is InChI=1S/C9H10F2N2/c10-6-4-7(11)9(12)8(5-6)13-2-1-3-13/h4-5H,1-3,12H2. The lowest BCUT2D eigenvalue weighted by molar-refractivity contribution is 0.574. The van der Waals surface area contributed by atoms with Crippen molar-refractivity contribution >= 4 is 11.4 Å². The van der Waals surface area contributed by atoms with E-state index in [4.69, 9.17) is 5.73 Å². The summed E-state index contributed by atoms with van der Waals surface area (Å²) in [5.74, 6) is -1.25. The van der Waals surface area contributed by atoms with E-state index < -0.39 is 11.6 Å². The number of anilines is 2. The van der Waals surface area contributed by atoms with Crippen LogP contribution in [0.1, 0.15) is 6.42 Å². The lowest BCUT2D eigenvalue weighted by Crippen LogP contribution is -2.37. The lowest BCUT2D eigenvalue weighted by Gasteiger charge is -2.34. The molecule has 0 amide bonds. The van der Waals surface area contributed by atoms with E-state index in [9.17, 15) is 8.78 Å². The molecule has 1 heterocycles. The van der Waals surface area contributed by atoms with Crippen molar-refractivity contribution in [1.29, 1.82) is 0 Å². The second kappa shape index (κ2) is 2.87. The second-order valence-electron chi connectivity index (χ2n) is 3.16. The smallest absolute Gasteiger partial charge is 0.151 e. The van der Waals surface area contributed by atoms with Gasteiger partial charge in [-0.2, -0.15) is 0 Å². The SMILES string of the molecule is Nc1c(F)cc(F)cc1N1CCC1. The number of nitrogens with two attached hydrogens (primary N) is 1. The molecule has 2 nitrogen and oxygen atoms in total. The Hall–Kier alpha value is -1.32. The zero-order valence-electron chi connectivity index (χ0n) is 7.06. The maximum absolute atomic E-state index is 13.0. The normalized spacial score (nSPS) is 15.7. The van der Waals surface area contributed by atoms with Gasteiger partial charge in [-0.3, -0.25) is 0 Å². The third-order valence-electron chi connectivity index (χ3n) is 2.27. The summed E-state index contributed by atoms with van der Waals surface area (Å²) in [4.78, 5) is 1.86. The summed E-state index contributed by atoms with van der Waals surface area (Å²) >= 11 is 0. The van der Waals surface area contributed by atoms with Gasteiger partial charge in [0.2, 0.25) is 0 Å². The summed E-state index contributed by atoms with van der Waals surface area (Å²) in [5.41, 5.74) is 6.00. The summed E-state index contributed by atoms with van der Waals surface area (Å²) in [5, 5.41) is 0. The van der Waals surface area contributed by atoms with Gasteiger partial charge in [0.1, 0.15) is 5.82 Å². The van der Waals surface area contributed by atoms with Gasteiger partial charge in [0, 0.05) is 19.2 Å². The molecule has 13 heavy (non-hydrogen) atoms. The van der Waals surface area contributed by atoms with Crippen molar-refractivity contribution in [2.24, 2.45) is 0 Å². The number of rotatable bonds is 1. The summed E-state index contributed by atoms with van der Waals surface area (Å²) in [6, 6.07) is 2.08. The van der Waals surface area contributed by atoms with Crippen molar-refractivity contribution in [1.82, 2.24) is 0 Å². The molecule has 0 spiro atoms. The van der Waals surface area contributed by atoms with E-state index in [1.165, 1.54) is 6.07 Å². The van der Waals surface area contributed by atoms with Crippen LogP contribution in [-0.4, -0.2) is 13.1 Å². The fourth-order valence-corrected chi connectivity index (χ4v) is 1.39. The van der Waals surface area contributed by atoms with Crippen LogP contribution in [0, 0.1) is 11.6 Å². The van der Waals surface area contributed by atoms with E-state index >= 15 is 0 Å². The van der Waals surface area contributed by atoms with Crippen LogP contribution in [0.5, 0.6) is 0 Å². The number of hydrogen-bond donors (Lipinski definition) is 1. The first kappa shape index (κ1) is 8.29. The number of nitrogens with zero attached hydrogens (tertiary/aromatic N) is 1. The maximum Gasteiger partial charge on any atom is 0.151 e. The van der Waals surface area contributed by atoms with E-state index in [-0.39, 0.29) is 5.69 Å². The molecular formula is C9H10F2N2. The van der Waals surface area contributed by atoms with Gasteiger partial charge in [-0.25, -0.2) is 8.78 Å². The molecule has 0 aromatic heterocycles. The van der Waals surface area contributed by atoms with Crippen LogP contribution in [-0.2, 0) is 0 Å². The predicted molar refractivity (Wildman–Crippen MR) is 47.6 cm³/mol. The van der Waals surface area contributed by atoms with Crippen LogP contribution in [0.15, 0.2) is 12.1 Å². The van der Waals surface area contributed by atoms with Crippen LogP contribution in [0.4, 0.5) is 20.2 Å². The predicted octanol–water partition coefficient (Wildman–Crippen LogP) is 1.76. The third kappa shape index (κ3) is 1.32. The van der Waals surface area contributed by atoms with Crippen LogP contribution in [0.25, 0.3) is 0 Å². The zero-order chi connectivity index (χ0) is 9.42. The summed E-state index contributed by atoms with van der Waals surface area (Å²) in [6.45, 7) is 1.65. The Balaban J connectivity index is 2.42. The van der Waals surface area contributed by atoms with E-state index in [1.807, 2.05) is 4.90 Å². The zero-order valence-corrected chi connectivity index (χ0v) is 7.06. The Bertz CT molecular complexity index is 335. The van der Waals surface area contributed by atoms with Gasteiger partial charge in [0.25, 0.3) is 0 Å². The van der Waals surface area contributed by atoms with E-state index in [0.29, 0.717) is 5.69 Å². The molecule has 2 N–H and O–H groups in total.